The number of amides is 4. The highest BCUT2D eigenvalue weighted by atomic mass is 16.3. The predicted octanol–water partition coefficient (Wildman–Crippen LogP) is 5.49. The van der Waals surface area contributed by atoms with Gasteiger partial charge in [-0.1, -0.05) is 91.0 Å². The first kappa shape index (κ1) is 35.2. The average Bonchev–Trinajstić information content (AvgIpc) is 3.50. The van der Waals surface area contributed by atoms with E-state index in [1.807, 2.05) is 84.4 Å². The van der Waals surface area contributed by atoms with Gasteiger partial charge in [-0.15, -0.1) is 6.58 Å². The molecule has 2 aliphatic heterocycles. The number of fused-ring (bicyclic) bond motifs is 2. The number of nitrogens with zero attached hydrogens (tertiary/aromatic N) is 5. The van der Waals surface area contributed by atoms with Gasteiger partial charge < -0.3 is 24.8 Å². The molecule has 0 saturated carbocycles. The molecule has 0 aliphatic carbocycles. The summed E-state index contributed by atoms with van der Waals surface area (Å²) in [5.74, 6) is -0.380. The third-order valence-corrected chi connectivity index (χ3v) is 10.1. The number of benzene rings is 4. The maximum Gasteiger partial charge on any atom is 0.334 e. The number of hydrogen-bond acceptors (Lipinski definition) is 6. The summed E-state index contributed by atoms with van der Waals surface area (Å²) in [4.78, 5) is 58.0. The van der Waals surface area contributed by atoms with E-state index in [0.29, 0.717) is 5.56 Å². The number of carbonyl (C=O) groups is 4. The lowest BCUT2D eigenvalue weighted by atomic mass is 9.97. The highest BCUT2D eigenvalue weighted by Gasteiger charge is 2.51. The normalized spacial score (nSPS) is 17.6. The number of urea groups is 1. The maximum atomic E-state index is 14.6. The molecule has 11 nitrogen and oxygen atoms in total. The van der Waals surface area contributed by atoms with Crippen LogP contribution in [0.4, 0.5) is 4.79 Å². The molecule has 0 spiro atoms. The minimum Gasteiger partial charge on any atom is -0.508 e. The van der Waals surface area contributed by atoms with Gasteiger partial charge in [0.2, 0.25) is 11.8 Å². The summed E-state index contributed by atoms with van der Waals surface area (Å²) in [5, 5.41) is 17.2. The van der Waals surface area contributed by atoms with Crippen LogP contribution < -0.4 is 5.32 Å². The quantitative estimate of drug-likeness (QED) is 0.146. The zero-order chi connectivity index (χ0) is 37.2. The number of Topliss-reactive ketones (excluding diaryl/α,β-unsaturated/α-hetero) is 1. The fraction of sp³-hybridized carbons (Fsp3) is 0.238. The van der Waals surface area contributed by atoms with Gasteiger partial charge >= 0.3 is 6.03 Å². The van der Waals surface area contributed by atoms with Gasteiger partial charge in [-0.25, -0.2) is 14.8 Å². The first-order chi connectivity index (χ1) is 25.6. The monoisotopic (exact) mass is 710 g/mol. The zero-order valence-corrected chi connectivity index (χ0v) is 29.8. The largest absolute Gasteiger partial charge is 0.508 e. The van der Waals surface area contributed by atoms with Gasteiger partial charge in [0.05, 0.1) is 18.6 Å². The third-order valence-electron chi connectivity index (χ3n) is 10.1. The van der Waals surface area contributed by atoms with Crippen molar-refractivity contribution in [3.8, 4) is 16.9 Å². The number of nitrogens with one attached hydrogen (secondary N) is 1. The number of phenolic OH excluding ortho intramolecular Hbond substituents is 1. The van der Waals surface area contributed by atoms with E-state index in [1.54, 1.807) is 57.1 Å². The zero-order valence-electron chi connectivity index (χ0n) is 29.8. The van der Waals surface area contributed by atoms with Crippen molar-refractivity contribution in [1.82, 2.24) is 29.7 Å². The van der Waals surface area contributed by atoms with Crippen LogP contribution in [0, 0.1) is 0 Å². The molecule has 4 aromatic carbocycles. The predicted molar refractivity (Wildman–Crippen MR) is 202 cm³/mol. The lowest BCUT2D eigenvalue weighted by Gasteiger charge is -2.55. The molecular weight excluding hydrogens is 668 g/mol. The number of hydrazine groups is 1. The Hall–Kier alpha value is -6.20. The molecule has 2 fully saturated rings. The SMILES string of the molecule is C=CCN1CC(=O)N2[C@@H](Cc3ccc(O)cc3)C(=O)N(Cc3cccc4c(-c5ccc(C(C)=O)cc5)cn(C)c34)C[C@@H]2N1C(=O)NCc1ccccc1. The average molecular weight is 711 g/mol. The molecule has 2 aliphatic rings. The summed E-state index contributed by atoms with van der Waals surface area (Å²) < 4.78 is 2.05. The topological polar surface area (TPSA) is 118 Å². The van der Waals surface area contributed by atoms with Crippen LogP contribution in [0.3, 0.4) is 0 Å². The number of rotatable bonds is 10. The summed E-state index contributed by atoms with van der Waals surface area (Å²) >= 11 is 0. The fourth-order valence-electron chi connectivity index (χ4n) is 7.55. The van der Waals surface area contributed by atoms with Crippen molar-refractivity contribution < 1.29 is 24.3 Å². The van der Waals surface area contributed by atoms with Crippen LogP contribution in [0.2, 0.25) is 0 Å². The molecule has 7 rings (SSSR count). The highest BCUT2D eigenvalue weighted by molar-refractivity contribution is 5.99. The Morgan fingerprint density at radius 2 is 1.66 bits per heavy atom. The summed E-state index contributed by atoms with van der Waals surface area (Å²) in [7, 11) is 1.97. The van der Waals surface area contributed by atoms with Crippen molar-refractivity contribution in [3.05, 3.63) is 138 Å². The first-order valence-corrected chi connectivity index (χ1v) is 17.7. The Labute approximate surface area is 308 Å². The van der Waals surface area contributed by atoms with Crippen molar-refractivity contribution in [2.75, 3.05) is 19.6 Å². The molecule has 1 aromatic heterocycles. The summed E-state index contributed by atoms with van der Waals surface area (Å²) in [6, 6.07) is 28.5. The Bertz CT molecular complexity index is 2180. The van der Waals surface area contributed by atoms with Crippen molar-refractivity contribution in [2.24, 2.45) is 7.05 Å². The smallest absolute Gasteiger partial charge is 0.334 e. The molecule has 270 valence electrons. The number of hydrogen-bond donors (Lipinski definition) is 2. The maximum absolute atomic E-state index is 14.6. The van der Waals surface area contributed by atoms with Gasteiger partial charge in [0.15, 0.2) is 5.78 Å². The van der Waals surface area contributed by atoms with Crippen LogP contribution in [-0.4, -0.2) is 85.0 Å². The number of piperazine rings is 1. The van der Waals surface area contributed by atoms with E-state index in [4.69, 9.17) is 0 Å². The van der Waals surface area contributed by atoms with Crippen molar-refractivity contribution in [1.29, 1.82) is 0 Å². The van der Waals surface area contributed by atoms with Gasteiger partial charge in [-0.05, 0) is 41.3 Å². The Morgan fingerprint density at radius 3 is 2.36 bits per heavy atom. The van der Waals surface area contributed by atoms with E-state index in [9.17, 15) is 24.3 Å². The van der Waals surface area contributed by atoms with Gasteiger partial charge in [0.25, 0.3) is 0 Å². The van der Waals surface area contributed by atoms with Gasteiger partial charge in [0, 0.05) is 55.8 Å². The Kier molecular flexibility index (Phi) is 9.84. The van der Waals surface area contributed by atoms with Crippen LogP contribution in [0.5, 0.6) is 5.75 Å². The first-order valence-electron chi connectivity index (χ1n) is 17.7. The van der Waals surface area contributed by atoms with E-state index in [2.05, 4.69) is 18.1 Å². The molecule has 2 atom stereocenters. The molecule has 5 aromatic rings. The minimum absolute atomic E-state index is 0.00440. The molecule has 4 amide bonds. The van der Waals surface area contributed by atoms with E-state index >= 15 is 0 Å². The van der Waals surface area contributed by atoms with Crippen LogP contribution in [0.15, 0.2) is 116 Å². The summed E-state index contributed by atoms with van der Waals surface area (Å²) in [6.45, 7) is 6.19. The number of phenols is 1. The minimum atomic E-state index is -0.899. The van der Waals surface area contributed by atoms with E-state index in [0.717, 1.165) is 38.7 Å². The standard InChI is InChI=1S/C42H42N6O5/c1-4-21-46-27-39(51)47-37(22-29-13-19-34(50)20-14-29)41(52)45(26-38(47)48(46)42(53)43-23-30-9-6-5-7-10-30)24-33-11-8-12-35-36(25-44(3)40(33)35)32-17-15-31(16-18-32)28(2)49/h4-20,25,37-38,50H,1,21-24,26-27H2,2-3H3,(H,43,53)/t37-,38-/m0/s1. The number of ketones is 1. The molecule has 0 radical (unpaired) electrons. The molecule has 2 saturated heterocycles. The third kappa shape index (κ3) is 7.03. The van der Waals surface area contributed by atoms with E-state index in [1.165, 1.54) is 0 Å². The van der Waals surface area contributed by atoms with Crippen LogP contribution >= 0.6 is 0 Å². The van der Waals surface area contributed by atoms with E-state index < -0.39 is 12.2 Å². The van der Waals surface area contributed by atoms with Crippen molar-refractivity contribution >= 4 is 34.5 Å². The summed E-state index contributed by atoms with van der Waals surface area (Å²) in [6.07, 6.45) is 3.11. The molecule has 11 heteroatoms. The van der Waals surface area contributed by atoms with Crippen LogP contribution in [0.25, 0.3) is 22.0 Å². The van der Waals surface area contributed by atoms with Crippen molar-refractivity contribution in [3.63, 3.8) is 0 Å². The van der Waals surface area contributed by atoms with Crippen LogP contribution in [-0.2, 0) is 36.1 Å². The molecular formula is C42H42N6O5. The number of aromatic nitrogens is 1. The molecule has 0 unspecified atom stereocenters. The second kappa shape index (κ2) is 14.8. The highest BCUT2D eigenvalue weighted by Crippen LogP contribution is 2.35. The second-order valence-corrected chi connectivity index (χ2v) is 13.6. The number of carbonyl (C=O) groups excluding carboxylic acids is 4. The summed E-state index contributed by atoms with van der Waals surface area (Å²) in [5.41, 5.74) is 6.17. The van der Waals surface area contributed by atoms with Crippen molar-refractivity contribution in [2.45, 2.75) is 38.6 Å². The Balaban J connectivity index is 1.26. The number of aryl methyl sites for hydroxylation is 1. The molecule has 0 bridgehead atoms. The number of para-hydroxylation sites is 1. The van der Waals surface area contributed by atoms with E-state index in [-0.39, 0.29) is 68.5 Å². The second-order valence-electron chi connectivity index (χ2n) is 13.6. The Morgan fingerprint density at radius 1 is 0.925 bits per heavy atom. The van der Waals surface area contributed by atoms with Gasteiger partial charge in [0.1, 0.15) is 18.0 Å². The molecule has 3 heterocycles. The fourth-order valence-corrected chi connectivity index (χ4v) is 7.55. The lowest BCUT2D eigenvalue weighted by molar-refractivity contribution is -0.189. The van der Waals surface area contributed by atoms with Gasteiger partial charge in [-0.3, -0.25) is 14.4 Å². The van der Waals surface area contributed by atoms with Crippen LogP contribution in [0.1, 0.15) is 34.0 Å². The molecule has 53 heavy (non-hydrogen) atoms. The molecule has 2 N–H and O–H groups in total. The van der Waals surface area contributed by atoms with Gasteiger partial charge in [-0.2, -0.15) is 0 Å². The number of aromatic hydroxyl groups is 1. The lowest BCUT2D eigenvalue weighted by Crippen LogP contribution is -2.76.